The van der Waals surface area contributed by atoms with Crippen LogP contribution in [0.4, 0.5) is 0 Å². The fourth-order valence-corrected chi connectivity index (χ4v) is 3.05. The smallest absolute Gasteiger partial charge is 0.00428 e. The van der Waals surface area contributed by atoms with Gasteiger partial charge < -0.3 is 5.73 Å². The lowest BCUT2D eigenvalue weighted by molar-refractivity contribution is 0.675. The number of hydrogen-bond donors (Lipinski definition) is 1. The third kappa shape index (κ3) is 1.59. The molecule has 0 saturated heterocycles. The third-order valence-corrected chi connectivity index (χ3v) is 4.06. The number of nitrogens with two attached hydrogens (primary N) is 1. The van der Waals surface area contributed by atoms with Crippen LogP contribution in [0.25, 0.3) is 0 Å². The monoisotopic (exact) mass is 201 g/mol. The van der Waals surface area contributed by atoms with Gasteiger partial charge in [0, 0.05) is 0 Å². The molecule has 1 aromatic rings. The topological polar surface area (TPSA) is 26.0 Å². The van der Waals surface area contributed by atoms with Gasteiger partial charge in [0.1, 0.15) is 0 Å². The summed E-state index contributed by atoms with van der Waals surface area (Å²) in [4.78, 5) is 0. The Kier molecular flexibility index (Phi) is 2.28. The van der Waals surface area contributed by atoms with Crippen LogP contribution in [0.1, 0.15) is 41.9 Å². The fourth-order valence-electron chi connectivity index (χ4n) is 3.05. The van der Waals surface area contributed by atoms with E-state index in [2.05, 4.69) is 18.2 Å². The molecular weight excluding hydrogens is 182 g/mol. The molecule has 3 rings (SSSR count). The molecule has 1 saturated carbocycles. The maximum atomic E-state index is 5.74. The van der Waals surface area contributed by atoms with E-state index in [0.717, 1.165) is 18.4 Å². The summed E-state index contributed by atoms with van der Waals surface area (Å²) < 4.78 is 0. The number of aryl methyl sites for hydroxylation is 1. The number of fused-ring (bicyclic) bond motifs is 1. The van der Waals surface area contributed by atoms with E-state index >= 15 is 0 Å². The van der Waals surface area contributed by atoms with Gasteiger partial charge in [0.05, 0.1) is 0 Å². The Labute approximate surface area is 91.7 Å². The molecule has 0 spiro atoms. The van der Waals surface area contributed by atoms with Crippen molar-refractivity contribution in [3.05, 3.63) is 34.9 Å². The van der Waals surface area contributed by atoms with E-state index in [-0.39, 0.29) is 0 Å². The molecule has 2 unspecified atom stereocenters. The molecular formula is C14H19N. The molecule has 1 aromatic carbocycles. The van der Waals surface area contributed by atoms with Crippen LogP contribution in [0.15, 0.2) is 18.2 Å². The highest BCUT2D eigenvalue weighted by Gasteiger charge is 2.38. The van der Waals surface area contributed by atoms with Gasteiger partial charge in [0.15, 0.2) is 0 Å². The molecule has 2 aliphatic rings. The minimum absolute atomic E-state index is 0.776. The van der Waals surface area contributed by atoms with E-state index in [4.69, 9.17) is 5.73 Å². The minimum Gasteiger partial charge on any atom is -0.330 e. The van der Waals surface area contributed by atoms with Crippen molar-refractivity contribution >= 4 is 0 Å². The van der Waals surface area contributed by atoms with Crippen molar-refractivity contribution in [1.29, 1.82) is 0 Å². The van der Waals surface area contributed by atoms with E-state index < -0.39 is 0 Å². The summed E-state index contributed by atoms with van der Waals surface area (Å²) in [5.41, 5.74) is 10.6. The normalized spacial score (nSPS) is 28.6. The first-order valence-corrected chi connectivity index (χ1v) is 6.21. The fraction of sp³-hybridized carbons (Fsp3) is 0.571. The predicted molar refractivity (Wildman–Crippen MR) is 63.0 cm³/mol. The van der Waals surface area contributed by atoms with Gasteiger partial charge in [-0.3, -0.25) is 0 Å². The molecule has 15 heavy (non-hydrogen) atoms. The summed E-state index contributed by atoms with van der Waals surface area (Å²) in [6.45, 7) is 0.869. The van der Waals surface area contributed by atoms with Crippen LogP contribution >= 0.6 is 0 Å². The van der Waals surface area contributed by atoms with Crippen LogP contribution in [0, 0.1) is 5.92 Å². The lowest BCUT2D eigenvalue weighted by Crippen LogP contribution is -2.07. The van der Waals surface area contributed by atoms with Gasteiger partial charge in [0.2, 0.25) is 0 Å². The Morgan fingerprint density at radius 3 is 2.87 bits per heavy atom. The third-order valence-electron chi connectivity index (χ3n) is 4.06. The maximum Gasteiger partial charge on any atom is -0.00428 e. The Bertz CT molecular complexity index is 370. The standard InChI is InChI=1S/C14H19N/c15-9-11-8-14(11)13-7-3-5-10-4-1-2-6-12(10)13/h3,5,7,11,14H,1-2,4,6,8-9,15H2. The summed E-state index contributed by atoms with van der Waals surface area (Å²) in [6.07, 6.45) is 6.68. The predicted octanol–water partition coefficient (Wildman–Crippen LogP) is 2.63. The van der Waals surface area contributed by atoms with Gasteiger partial charge in [-0.1, -0.05) is 18.2 Å². The van der Waals surface area contributed by atoms with Crippen molar-refractivity contribution in [3.8, 4) is 0 Å². The Morgan fingerprint density at radius 1 is 1.20 bits per heavy atom. The van der Waals surface area contributed by atoms with Gasteiger partial charge in [-0.05, 0) is 67.2 Å². The molecule has 2 aliphatic carbocycles. The zero-order valence-electron chi connectivity index (χ0n) is 9.21. The molecule has 0 heterocycles. The quantitative estimate of drug-likeness (QED) is 0.782. The Balaban J connectivity index is 1.94. The minimum atomic E-state index is 0.776. The molecule has 80 valence electrons. The van der Waals surface area contributed by atoms with Gasteiger partial charge >= 0.3 is 0 Å². The summed E-state index contributed by atoms with van der Waals surface area (Å²) in [7, 11) is 0. The molecule has 1 fully saturated rings. The second-order valence-corrected chi connectivity index (χ2v) is 5.03. The van der Waals surface area contributed by atoms with Crippen molar-refractivity contribution in [3.63, 3.8) is 0 Å². The summed E-state index contributed by atoms with van der Waals surface area (Å²) in [5, 5.41) is 0. The molecule has 2 N–H and O–H groups in total. The van der Waals surface area contributed by atoms with Gasteiger partial charge in [-0.25, -0.2) is 0 Å². The second kappa shape index (κ2) is 3.64. The summed E-state index contributed by atoms with van der Waals surface area (Å²) >= 11 is 0. The molecule has 2 atom stereocenters. The van der Waals surface area contributed by atoms with Crippen LogP contribution in [0.2, 0.25) is 0 Å². The lowest BCUT2D eigenvalue weighted by atomic mass is 9.86. The number of rotatable bonds is 2. The van der Waals surface area contributed by atoms with Gasteiger partial charge in [-0.15, -0.1) is 0 Å². The maximum absolute atomic E-state index is 5.74. The molecule has 1 nitrogen and oxygen atoms in total. The highest BCUT2D eigenvalue weighted by molar-refractivity contribution is 5.41. The number of hydrogen-bond acceptors (Lipinski definition) is 1. The van der Waals surface area contributed by atoms with Crippen molar-refractivity contribution < 1.29 is 0 Å². The molecule has 0 amide bonds. The first-order valence-electron chi connectivity index (χ1n) is 6.21. The first kappa shape index (κ1) is 9.41. The van der Waals surface area contributed by atoms with Gasteiger partial charge in [-0.2, -0.15) is 0 Å². The Morgan fingerprint density at radius 2 is 2.07 bits per heavy atom. The summed E-state index contributed by atoms with van der Waals surface area (Å²) in [6, 6.07) is 6.90. The SMILES string of the molecule is NCC1CC1c1cccc2c1CCCC2. The summed E-state index contributed by atoms with van der Waals surface area (Å²) in [5.74, 6) is 1.57. The van der Waals surface area contributed by atoms with E-state index in [1.165, 1.54) is 32.1 Å². The van der Waals surface area contributed by atoms with Crippen molar-refractivity contribution in [2.24, 2.45) is 11.7 Å². The van der Waals surface area contributed by atoms with Crippen molar-refractivity contribution in [1.82, 2.24) is 0 Å². The zero-order chi connectivity index (χ0) is 10.3. The molecule has 0 bridgehead atoms. The molecule has 0 radical (unpaired) electrons. The van der Waals surface area contributed by atoms with Crippen LogP contribution < -0.4 is 5.73 Å². The van der Waals surface area contributed by atoms with Crippen molar-refractivity contribution in [2.75, 3.05) is 6.54 Å². The van der Waals surface area contributed by atoms with Crippen LogP contribution in [0.3, 0.4) is 0 Å². The molecule has 0 aliphatic heterocycles. The average molecular weight is 201 g/mol. The molecule has 0 aromatic heterocycles. The van der Waals surface area contributed by atoms with Crippen LogP contribution in [-0.2, 0) is 12.8 Å². The second-order valence-electron chi connectivity index (χ2n) is 5.03. The van der Waals surface area contributed by atoms with Crippen LogP contribution in [0.5, 0.6) is 0 Å². The van der Waals surface area contributed by atoms with E-state index in [9.17, 15) is 0 Å². The first-order chi connectivity index (χ1) is 7.40. The zero-order valence-corrected chi connectivity index (χ0v) is 9.21. The van der Waals surface area contributed by atoms with E-state index in [1.807, 2.05) is 0 Å². The van der Waals surface area contributed by atoms with E-state index in [1.54, 1.807) is 16.7 Å². The van der Waals surface area contributed by atoms with Crippen LogP contribution in [-0.4, -0.2) is 6.54 Å². The van der Waals surface area contributed by atoms with Crippen molar-refractivity contribution in [2.45, 2.75) is 38.0 Å². The average Bonchev–Trinajstić information content (AvgIpc) is 3.07. The number of benzene rings is 1. The van der Waals surface area contributed by atoms with E-state index in [0.29, 0.717) is 0 Å². The van der Waals surface area contributed by atoms with Gasteiger partial charge in [0.25, 0.3) is 0 Å². The largest absolute Gasteiger partial charge is 0.330 e. The highest BCUT2D eigenvalue weighted by atomic mass is 14.6. The Hall–Kier alpha value is -0.820. The highest BCUT2D eigenvalue weighted by Crippen LogP contribution is 2.48. The molecule has 1 heteroatoms. The lowest BCUT2D eigenvalue weighted by Gasteiger charge is -2.19.